The second-order valence-corrected chi connectivity index (χ2v) is 5.31. The van der Waals surface area contributed by atoms with E-state index in [9.17, 15) is 4.79 Å². The molecule has 0 aliphatic rings. The summed E-state index contributed by atoms with van der Waals surface area (Å²) in [5.41, 5.74) is 1.83. The molecule has 0 fully saturated rings. The first-order chi connectivity index (χ1) is 12.2. The van der Waals surface area contributed by atoms with Gasteiger partial charge in [-0.1, -0.05) is 30.3 Å². The highest BCUT2D eigenvalue weighted by molar-refractivity contribution is 5.94. The summed E-state index contributed by atoms with van der Waals surface area (Å²) in [6, 6.07) is 17.1. The Kier molecular flexibility index (Phi) is 7.31. The van der Waals surface area contributed by atoms with Crippen LogP contribution < -0.4 is 20.7 Å². The smallest absolute Gasteiger partial charge is 0.243 e. The Balaban J connectivity index is 1.87. The third kappa shape index (κ3) is 6.55. The summed E-state index contributed by atoms with van der Waals surface area (Å²) < 4.78 is 5.14. The Morgan fingerprint density at radius 3 is 2.40 bits per heavy atom. The number of para-hydroxylation sites is 1. The van der Waals surface area contributed by atoms with Gasteiger partial charge in [-0.25, -0.2) is 4.99 Å². The van der Waals surface area contributed by atoms with Crippen molar-refractivity contribution in [3.8, 4) is 5.75 Å². The SMILES string of the molecule is CCNC(=NCc1ccc(OC)cc1)NCC(=O)Nc1ccccc1. The van der Waals surface area contributed by atoms with Gasteiger partial charge in [0, 0.05) is 12.2 Å². The molecule has 0 aliphatic heterocycles. The molecule has 2 rings (SSSR count). The van der Waals surface area contributed by atoms with E-state index < -0.39 is 0 Å². The van der Waals surface area contributed by atoms with Gasteiger partial charge in [0.1, 0.15) is 5.75 Å². The third-order valence-corrected chi connectivity index (χ3v) is 3.40. The molecule has 2 aromatic rings. The van der Waals surface area contributed by atoms with E-state index in [-0.39, 0.29) is 12.5 Å². The van der Waals surface area contributed by atoms with Gasteiger partial charge in [0.15, 0.2) is 5.96 Å². The van der Waals surface area contributed by atoms with Gasteiger partial charge in [-0.15, -0.1) is 0 Å². The summed E-state index contributed by atoms with van der Waals surface area (Å²) in [4.78, 5) is 16.5. The quantitative estimate of drug-likeness (QED) is 0.534. The Hall–Kier alpha value is -3.02. The molecule has 3 N–H and O–H groups in total. The Labute approximate surface area is 148 Å². The van der Waals surface area contributed by atoms with Gasteiger partial charge in [0.05, 0.1) is 20.2 Å². The van der Waals surface area contributed by atoms with Crippen LogP contribution in [0.3, 0.4) is 0 Å². The van der Waals surface area contributed by atoms with Crippen molar-refractivity contribution in [3.05, 3.63) is 60.2 Å². The van der Waals surface area contributed by atoms with Gasteiger partial charge < -0.3 is 20.7 Å². The first-order valence-corrected chi connectivity index (χ1v) is 8.21. The summed E-state index contributed by atoms with van der Waals surface area (Å²) >= 11 is 0. The number of ether oxygens (including phenoxy) is 1. The highest BCUT2D eigenvalue weighted by Crippen LogP contribution is 2.11. The van der Waals surface area contributed by atoms with Gasteiger partial charge in [-0.05, 0) is 36.8 Å². The van der Waals surface area contributed by atoms with Crippen LogP contribution >= 0.6 is 0 Å². The lowest BCUT2D eigenvalue weighted by Crippen LogP contribution is -2.41. The summed E-state index contributed by atoms with van der Waals surface area (Å²) in [5.74, 6) is 1.29. The number of methoxy groups -OCH3 is 1. The predicted octanol–water partition coefficient (Wildman–Crippen LogP) is 2.39. The number of hydrogen-bond donors (Lipinski definition) is 3. The van der Waals surface area contributed by atoms with Crippen LogP contribution in [0.25, 0.3) is 0 Å². The van der Waals surface area contributed by atoms with Crippen molar-refractivity contribution < 1.29 is 9.53 Å². The minimum Gasteiger partial charge on any atom is -0.497 e. The fourth-order valence-electron chi connectivity index (χ4n) is 2.13. The molecule has 0 bridgehead atoms. The molecule has 0 heterocycles. The number of amides is 1. The van der Waals surface area contributed by atoms with E-state index in [1.54, 1.807) is 7.11 Å². The number of benzene rings is 2. The molecule has 132 valence electrons. The second-order valence-electron chi connectivity index (χ2n) is 5.31. The van der Waals surface area contributed by atoms with Crippen LogP contribution in [0.2, 0.25) is 0 Å². The van der Waals surface area contributed by atoms with E-state index >= 15 is 0 Å². The normalized spacial score (nSPS) is 10.9. The van der Waals surface area contributed by atoms with Crippen LogP contribution in [0.15, 0.2) is 59.6 Å². The Morgan fingerprint density at radius 1 is 1.04 bits per heavy atom. The molecule has 0 saturated carbocycles. The number of aliphatic imine (C=N–C) groups is 1. The summed E-state index contributed by atoms with van der Waals surface area (Å²) in [5, 5.41) is 8.99. The van der Waals surface area contributed by atoms with Crippen LogP contribution in [0.4, 0.5) is 5.69 Å². The van der Waals surface area contributed by atoms with E-state index in [1.807, 2.05) is 61.5 Å². The van der Waals surface area contributed by atoms with Crippen molar-refractivity contribution in [2.24, 2.45) is 4.99 Å². The Bertz CT molecular complexity index is 684. The number of carbonyl (C=O) groups excluding carboxylic acids is 1. The lowest BCUT2D eigenvalue weighted by molar-refractivity contribution is -0.115. The maximum Gasteiger partial charge on any atom is 0.243 e. The number of nitrogens with one attached hydrogen (secondary N) is 3. The van der Waals surface area contributed by atoms with Crippen molar-refractivity contribution >= 4 is 17.6 Å². The lowest BCUT2D eigenvalue weighted by atomic mass is 10.2. The minimum atomic E-state index is -0.124. The zero-order valence-electron chi connectivity index (χ0n) is 14.6. The van der Waals surface area contributed by atoms with E-state index in [4.69, 9.17) is 4.74 Å². The molecule has 2 aromatic carbocycles. The number of guanidine groups is 1. The van der Waals surface area contributed by atoms with Crippen molar-refractivity contribution in [2.75, 3.05) is 25.5 Å². The molecule has 1 amide bonds. The zero-order valence-corrected chi connectivity index (χ0v) is 14.6. The van der Waals surface area contributed by atoms with Gasteiger partial charge in [-0.3, -0.25) is 4.79 Å². The molecule has 6 heteroatoms. The summed E-state index contributed by atoms with van der Waals surface area (Å²) in [6.45, 7) is 3.35. The highest BCUT2D eigenvalue weighted by atomic mass is 16.5. The van der Waals surface area contributed by atoms with Crippen molar-refractivity contribution in [1.82, 2.24) is 10.6 Å². The van der Waals surface area contributed by atoms with Crippen molar-refractivity contribution in [1.29, 1.82) is 0 Å². The average Bonchev–Trinajstić information content (AvgIpc) is 2.65. The van der Waals surface area contributed by atoms with E-state index in [1.165, 1.54) is 0 Å². The number of hydrogen-bond acceptors (Lipinski definition) is 3. The predicted molar refractivity (Wildman–Crippen MR) is 101 cm³/mol. The van der Waals surface area contributed by atoms with Crippen LogP contribution in [-0.4, -0.2) is 32.1 Å². The van der Waals surface area contributed by atoms with E-state index in [0.29, 0.717) is 12.5 Å². The van der Waals surface area contributed by atoms with Crippen molar-refractivity contribution in [3.63, 3.8) is 0 Å². The van der Waals surface area contributed by atoms with Crippen LogP contribution in [-0.2, 0) is 11.3 Å². The fourth-order valence-corrected chi connectivity index (χ4v) is 2.13. The van der Waals surface area contributed by atoms with Crippen LogP contribution in [0.1, 0.15) is 12.5 Å². The molecule has 0 saturated heterocycles. The van der Waals surface area contributed by atoms with Gasteiger partial charge in [0.2, 0.25) is 5.91 Å². The topological polar surface area (TPSA) is 74.8 Å². The Morgan fingerprint density at radius 2 is 1.76 bits per heavy atom. The molecular formula is C19H24N4O2. The van der Waals surface area contributed by atoms with Gasteiger partial charge in [-0.2, -0.15) is 0 Å². The average molecular weight is 340 g/mol. The van der Waals surface area contributed by atoms with Crippen LogP contribution in [0, 0.1) is 0 Å². The zero-order chi connectivity index (χ0) is 17.9. The molecule has 0 unspecified atom stereocenters. The molecule has 0 aromatic heterocycles. The standard InChI is InChI=1S/C19H24N4O2/c1-3-20-19(21-13-15-9-11-17(25-2)12-10-15)22-14-18(24)23-16-7-5-4-6-8-16/h4-12H,3,13-14H2,1-2H3,(H,23,24)(H2,20,21,22). The first kappa shape index (κ1) is 18.3. The molecule has 6 nitrogen and oxygen atoms in total. The highest BCUT2D eigenvalue weighted by Gasteiger charge is 2.04. The second kappa shape index (κ2) is 9.97. The molecule has 0 atom stereocenters. The minimum absolute atomic E-state index is 0.124. The summed E-state index contributed by atoms with van der Waals surface area (Å²) in [7, 11) is 1.64. The number of rotatable bonds is 7. The summed E-state index contributed by atoms with van der Waals surface area (Å²) in [6.07, 6.45) is 0. The van der Waals surface area contributed by atoms with E-state index in [2.05, 4.69) is 20.9 Å². The number of carbonyl (C=O) groups is 1. The van der Waals surface area contributed by atoms with Gasteiger partial charge >= 0.3 is 0 Å². The van der Waals surface area contributed by atoms with Gasteiger partial charge in [0.25, 0.3) is 0 Å². The molecule has 0 spiro atoms. The molecule has 0 radical (unpaired) electrons. The number of nitrogens with zero attached hydrogens (tertiary/aromatic N) is 1. The monoisotopic (exact) mass is 340 g/mol. The van der Waals surface area contributed by atoms with E-state index in [0.717, 1.165) is 23.5 Å². The van der Waals surface area contributed by atoms with Crippen LogP contribution in [0.5, 0.6) is 5.75 Å². The molecule has 0 aliphatic carbocycles. The van der Waals surface area contributed by atoms with Crippen molar-refractivity contribution in [2.45, 2.75) is 13.5 Å². The molecule has 25 heavy (non-hydrogen) atoms. The fraction of sp³-hybridized carbons (Fsp3) is 0.263. The first-order valence-electron chi connectivity index (χ1n) is 8.21. The molecular weight excluding hydrogens is 316 g/mol. The largest absolute Gasteiger partial charge is 0.497 e. The third-order valence-electron chi connectivity index (χ3n) is 3.40. The maximum atomic E-state index is 12.0. The maximum absolute atomic E-state index is 12.0. The lowest BCUT2D eigenvalue weighted by Gasteiger charge is -2.11. The number of anilines is 1.